The fourth-order valence-electron chi connectivity index (χ4n) is 0.885. The summed E-state index contributed by atoms with van der Waals surface area (Å²) in [5.41, 5.74) is 0. The second-order valence-corrected chi connectivity index (χ2v) is 4.83. The summed E-state index contributed by atoms with van der Waals surface area (Å²) in [6, 6.07) is 10.4. The monoisotopic (exact) mass is 236 g/mol. The van der Waals surface area contributed by atoms with E-state index in [1.807, 2.05) is 24.3 Å². The molecule has 0 saturated carbocycles. The van der Waals surface area contributed by atoms with Gasteiger partial charge in [-0.3, -0.25) is 0 Å². The maximum atomic E-state index is 3.78. The summed E-state index contributed by atoms with van der Waals surface area (Å²) in [6.07, 6.45) is 5.72. The predicted molar refractivity (Wildman–Crippen MR) is 60.3 cm³/mol. The van der Waals surface area contributed by atoms with Crippen LogP contribution in [0.1, 0.15) is 0 Å². The van der Waals surface area contributed by atoms with Gasteiger partial charge in [0.15, 0.2) is 0 Å². The summed E-state index contributed by atoms with van der Waals surface area (Å²) in [5, 5.41) is 0. The van der Waals surface area contributed by atoms with Crippen LogP contribution in [0.15, 0.2) is 66.2 Å². The first-order valence-electron chi connectivity index (χ1n) is 4.05. The fourth-order valence-corrected chi connectivity index (χ4v) is 2.59. The Morgan fingerprint density at radius 3 is 2.38 bits per heavy atom. The molecular weight excluding hydrogens is 223 g/mol. The van der Waals surface area contributed by atoms with E-state index in [2.05, 4.69) is 37.4 Å². The zero-order chi connectivity index (χ0) is 9.52. The summed E-state index contributed by atoms with van der Waals surface area (Å²) in [5.74, 6) is 0. The van der Waals surface area contributed by atoms with E-state index in [0.29, 0.717) is 15.0 Å². The van der Waals surface area contributed by atoms with Crippen molar-refractivity contribution in [2.45, 2.75) is 0 Å². The van der Waals surface area contributed by atoms with Crippen LogP contribution in [0.25, 0.3) is 0 Å². The molecule has 1 heteroatoms. The van der Waals surface area contributed by atoms with Crippen LogP contribution in [-0.2, 0) is 0 Å². The summed E-state index contributed by atoms with van der Waals surface area (Å²) < 4.78 is 2.62. The van der Waals surface area contributed by atoms with E-state index < -0.39 is 0 Å². The zero-order valence-corrected chi connectivity index (χ0v) is 9.15. The molecule has 0 N–H and O–H groups in total. The molecule has 0 heterocycles. The Hall–Kier alpha value is -1.04. The predicted octanol–water partition coefficient (Wildman–Crippen LogP) is 2.27. The van der Waals surface area contributed by atoms with E-state index in [9.17, 15) is 0 Å². The summed E-state index contributed by atoms with van der Waals surface area (Å²) in [4.78, 5) is 0. The van der Waals surface area contributed by atoms with Crippen molar-refractivity contribution in [2.75, 3.05) is 0 Å². The zero-order valence-electron chi connectivity index (χ0n) is 7.44. The van der Waals surface area contributed by atoms with Crippen molar-refractivity contribution in [1.82, 2.24) is 0 Å². The Bertz CT molecular complexity index is 309. The third kappa shape index (κ3) is 3.45. The molecule has 0 aliphatic rings. The van der Waals surface area contributed by atoms with Gasteiger partial charge in [0.2, 0.25) is 0 Å². The van der Waals surface area contributed by atoms with Gasteiger partial charge < -0.3 is 0 Å². The van der Waals surface area contributed by atoms with Gasteiger partial charge in [0.25, 0.3) is 0 Å². The Balaban J connectivity index is 2.73. The van der Waals surface area contributed by atoms with Gasteiger partial charge in [-0.05, 0) is 0 Å². The number of hydrogen-bond acceptors (Lipinski definition) is 0. The number of allylic oxidation sites excluding steroid dienone is 4. The van der Waals surface area contributed by atoms with Gasteiger partial charge in [-0.2, -0.15) is 0 Å². The summed E-state index contributed by atoms with van der Waals surface area (Å²) in [7, 11) is 0. The van der Waals surface area contributed by atoms with Crippen LogP contribution >= 0.6 is 0 Å². The molecule has 0 unspecified atom stereocenters. The quantitative estimate of drug-likeness (QED) is 0.554. The standard InChI is InChI=1S/C12H12Se/c1-3-8-11(4-2)13-12-9-6-5-7-10-12/h3-10H,1-2H2/b11-8+. The average Bonchev–Trinajstić information content (AvgIpc) is 2.19. The Kier molecular flexibility index (Phi) is 4.31. The van der Waals surface area contributed by atoms with Gasteiger partial charge in [0.1, 0.15) is 0 Å². The Morgan fingerprint density at radius 2 is 1.85 bits per heavy atom. The molecule has 0 aliphatic carbocycles. The summed E-state index contributed by atoms with van der Waals surface area (Å²) in [6.45, 7) is 7.45. The van der Waals surface area contributed by atoms with Crippen LogP contribution in [0.4, 0.5) is 0 Å². The maximum absolute atomic E-state index is 3.78. The van der Waals surface area contributed by atoms with Crippen molar-refractivity contribution in [3.8, 4) is 0 Å². The average molecular weight is 235 g/mol. The van der Waals surface area contributed by atoms with E-state index in [-0.39, 0.29) is 0 Å². The minimum absolute atomic E-state index is 0.358. The normalized spacial score (nSPS) is 10.9. The molecule has 1 aromatic carbocycles. The summed E-state index contributed by atoms with van der Waals surface area (Å²) >= 11 is 0.358. The molecule has 13 heavy (non-hydrogen) atoms. The number of hydrogen-bond donors (Lipinski definition) is 0. The molecule has 0 nitrogen and oxygen atoms in total. The molecule has 1 aromatic rings. The molecular formula is C12H12Se. The molecule has 0 saturated heterocycles. The van der Waals surface area contributed by atoms with Gasteiger partial charge >= 0.3 is 85.6 Å². The van der Waals surface area contributed by atoms with Crippen molar-refractivity contribution in [3.63, 3.8) is 0 Å². The first-order chi connectivity index (χ1) is 6.36. The molecule has 1 rings (SSSR count). The fraction of sp³-hybridized carbons (Fsp3) is 0. The molecule has 0 atom stereocenters. The number of benzene rings is 1. The Morgan fingerprint density at radius 1 is 1.15 bits per heavy atom. The molecule has 66 valence electrons. The van der Waals surface area contributed by atoms with Crippen molar-refractivity contribution < 1.29 is 0 Å². The number of rotatable bonds is 4. The van der Waals surface area contributed by atoms with Crippen LogP contribution < -0.4 is 4.46 Å². The van der Waals surface area contributed by atoms with Crippen LogP contribution in [0.5, 0.6) is 0 Å². The third-order valence-corrected chi connectivity index (χ3v) is 3.66. The second kappa shape index (κ2) is 5.58. The Labute approximate surface area is 85.8 Å². The molecule has 0 aliphatic heterocycles. The molecule has 0 fully saturated rings. The van der Waals surface area contributed by atoms with Crippen molar-refractivity contribution >= 4 is 19.4 Å². The van der Waals surface area contributed by atoms with Gasteiger partial charge in [0, 0.05) is 0 Å². The van der Waals surface area contributed by atoms with E-state index in [1.165, 1.54) is 8.93 Å². The first-order valence-corrected chi connectivity index (χ1v) is 5.76. The molecule has 0 spiro atoms. The first kappa shape index (κ1) is 10.0. The van der Waals surface area contributed by atoms with Crippen molar-refractivity contribution in [3.05, 3.63) is 66.2 Å². The van der Waals surface area contributed by atoms with Crippen LogP contribution in [0, 0.1) is 0 Å². The second-order valence-electron chi connectivity index (χ2n) is 2.42. The third-order valence-electron chi connectivity index (χ3n) is 1.46. The van der Waals surface area contributed by atoms with Crippen LogP contribution in [0.3, 0.4) is 0 Å². The van der Waals surface area contributed by atoms with E-state index in [4.69, 9.17) is 0 Å². The molecule has 0 aromatic heterocycles. The van der Waals surface area contributed by atoms with Crippen LogP contribution in [0.2, 0.25) is 0 Å². The SMILES string of the molecule is C=C/C=C(\C=C)[Se]c1ccccc1. The minimum atomic E-state index is 0.358. The van der Waals surface area contributed by atoms with Gasteiger partial charge in [-0.1, -0.05) is 0 Å². The van der Waals surface area contributed by atoms with Gasteiger partial charge in [0.05, 0.1) is 0 Å². The van der Waals surface area contributed by atoms with E-state index in [0.717, 1.165) is 0 Å². The van der Waals surface area contributed by atoms with Crippen molar-refractivity contribution in [2.24, 2.45) is 0 Å². The van der Waals surface area contributed by atoms with E-state index in [1.54, 1.807) is 0 Å². The molecule has 0 amide bonds. The van der Waals surface area contributed by atoms with E-state index >= 15 is 0 Å². The van der Waals surface area contributed by atoms with Crippen molar-refractivity contribution in [1.29, 1.82) is 0 Å². The van der Waals surface area contributed by atoms with Gasteiger partial charge in [-0.25, -0.2) is 0 Å². The van der Waals surface area contributed by atoms with Crippen LogP contribution in [-0.4, -0.2) is 15.0 Å². The topological polar surface area (TPSA) is 0 Å². The van der Waals surface area contributed by atoms with Gasteiger partial charge in [-0.15, -0.1) is 0 Å². The molecule has 0 radical (unpaired) electrons. The molecule has 0 bridgehead atoms.